The first-order valence-corrected chi connectivity index (χ1v) is 6.78. The van der Waals surface area contributed by atoms with Gasteiger partial charge in [0.15, 0.2) is 11.5 Å². The van der Waals surface area contributed by atoms with Crippen molar-refractivity contribution in [2.24, 2.45) is 0 Å². The molecule has 104 valence electrons. The summed E-state index contributed by atoms with van der Waals surface area (Å²) in [6.07, 6.45) is 0. The van der Waals surface area contributed by atoms with Crippen molar-refractivity contribution in [3.8, 4) is 11.5 Å². The van der Waals surface area contributed by atoms with Crippen LogP contribution in [-0.2, 0) is 6.54 Å². The first-order chi connectivity index (χ1) is 9.74. The first kappa shape index (κ1) is 12.9. The quantitative estimate of drug-likeness (QED) is 0.852. The van der Waals surface area contributed by atoms with Gasteiger partial charge in [-0.15, -0.1) is 0 Å². The van der Waals surface area contributed by atoms with Gasteiger partial charge in [-0.3, -0.25) is 0 Å². The highest BCUT2D eigenvalue weighted by atomic mass is 35.5. The number of ether oxygens (including phenoxy) is 2. The van der Waals surface area contributed by atoms with Crippen molar-refractivity contribution < 1.29 is 9.47 Å². The molecule has 0 unspecified atom stereocenters. The minimum atomic E-state index is 0.552. The van der Waals surface area contributed by atoms with E-state index in [0.717, 1.165) is 16.9 Å². The van der Waals surface area contributed by atoms with Crippen LogP contribution in [0.4, 0.5) is 11.4 Å². The smallest absolute Gasteiger partial charge is 0.163 e. The number of hydrogen-bond acceptors (Lipinski definition) is 4. The number of anilines is 2. The molecular weight excluding hydrogens is 276 g/mol. The van der Waals surface area contributed by atoms with Crippen molar-refractivity contribution in [2.45, 2.75) is 6.54 Å². The molecular formula is C15H15ClN2O2. The molecule has 20 heavy (non-hydrogen) atoms. The summed E-state index contributed by atoms with van der Waals surface area (Å²) in [5.41, 5.74) is 8.51. The van der Waals surface area contributed by atoms with E-state index in [1.54, 1.807) is 6.07 Å². The molecule has 2 aromatic rings. The number of nitrogens with one attached hydrogen (secondary N) is 1. The van der Waals surface area contributed by atoms with Crippen LogP contribution in [0.25, 0.3) is 0 Å². The molecule has 1 heterocycles. The van der Waals surface area contributed by atoms with E-state index in [9.17, 15) is 0 Å². The number of hydrogen-bond donors (Lipinski definition) is 2. The Balaban J connectivity index is 1.79. The van der Waals surface area contributed by atoms with Gasteiger partial charge in [-0.25, -0.2) is 0 Å². The molecule has 0 amide bonds. The third-order valence-electron chi connectivity index (χ3n) is 3.16. The SMILES string of the molecule is Nc1ccccc1CNc1cc2c(cc1Cl)OCCO2. The molecule has 0 aliphatic carbocycles. The Morgan fingerprint density at radius 1 is 1.10 bits per heavy atom. The van der Waals surface area contributed by atoms with Crippen LogP contribution < -0.4 is 20.5 Å². The fraction of sp³-hybridized carbons (Fsp3) is 0.200. The fourth-order valence-electron chi connectivity index (χ4n) is 2.09. The van der Waals surface area contributed by atoms with Crippen LogP contribution >= 0.6 is 11.6 Å². The summed E-state index contributed by atoms with van der Waals surface area (Å²) in [5, 5.41) is 3.87. The maximum absolute atomic E-state index is 6.24. The van der Waals surface area contributed by atoms with Gasteiger partial charge in [-0.05, 0) is 11.6 Å². The Morgan fingerprint density at radius 3 is 2.55 bits per heavy atom. The van der Waals surface area contributed by atoms with Gasteiger partial charge in [0.25, 0.3) is 0 Å². The third-order valence-corrected chi connectivity index (χ3v) is 3.47. The largest absolute Gasteiger partial charge is 0.486 e. The van der Waals surface area contributed by atoms with Crippen molar-refractivity contribution in [1.82, 2.24) is 0 Å². The maximum atomic E-state index is 6.24. The molecule has 5 heteroatoms. The summed E-state index contributed by atoms with van der Waals surface area (Å²) >= 11 is 6.24. The molecule has 0 spiro atoms. The second-order valence-electron chi connectivity index (χ2n) is 4.53. The van der Waals surface area contributed by atoms with E-state index in [1.807, 2.05) is 30.3 Å². The van der Waals surface area contributed by atoms with Crippen molar-refractivity contribution >= 4 is 23.0 Å². The summed E-state index contributed by atoms with van der Waals surface area (Å²) in [7, 11) is 0. The second-order valence-corrected chi connectivity index (χ2v) is 4.94. The molecule has 0 aromatic heterocycles. The summed E-state index contributed by atoms with van der Waals surface area (Å²) in [4.78, 5) is 0. The highest BCUT2D eigenvalue weighted by Gasteiger charge is 2.15. The monoisotopic (exact) mass is 290 g/mol. The van der Waals surface area contributed by atoms with Crippen LogP contribution in [0, 0.1) is 0 Å². The van der Waals surface area contributed by atoms with Crippen LogP contribution in [0.5, 0.6) is 11.5 Å². The lowest BCUT2D eigenvalue weighted by atomic mass is 10.1. The van der Waals surface area contributed by atoms with Crippen molar-refractivity contribution in [3.05, 3.63) is 47.0 Å². The number of para-hydroxylation sites is 1. The lowest BCUT2D eigenvalue weighted by molar-refractivity contribution is 0.171. The van der Waals surface area contributed by atoms with Crippen LogP contribution in [0.3, 0.4) is 0 Å². The van der Waals surface area contributed by atoms with Gasteiger partial charge in [0, 0.05) is 24.4 Å². The Labute approximate surface area is 122 Å². The Bertz CT molecular complexity index is 631. The molecule has 3 N–H and O–H groups in total. The highest BCUT2D eigenvalue weighted by molar-refractivity contribution is 6.33. The minimum Gasteiger partial charge on any atom is -0.486 e. The Hall–Kier alpha value is -2.07. The lowest BCUT2D eigenvalue weighted by Gasteiger charge is -2.20. The molecule has 0 atom stereocenters. The van der Waals surface area contributed by atoms with Crippen LogP contribution in [0.2, 0.25) is 5.02 Å². The third kappa shape index (κ3) is 2.60. The average Bonchev–Trinajstić information content (AvgIpc) is 2.46. The van der Waals surface area contributed by atoms with Gasteiger partial charge in [0.05, 0.1) is 10.7 Å². The number of benzene rings is 2. The van der Waals surface area contributed by atoms with Gasteiger partial charge in [0.1, 0.15) is 13.2 Å². The van der Waals surface area contributed by atoms with Gasteiger partial charge >= 0.3 is 0 Å². The van der Waals surface area contributed by atoms with E-state index in [-0.39, 0.29) is 0 Å². The summed E-state index contributed by atoms with van der Waals surface area (Å²) in [5.74, 6) is 1.40. The van der Waals surface area contributed by atoms with E-state index in [1.165, 1.54) is 0 Å². The zero-order valence-corrected chi connectivity index (χ0v) is 11.6. The zero-order valence-electron chi connectivity index (χ0n) is 10.9. The summed E-state index contributed by atoms with van der Waals surface area (Å²) in [6, 6.07) is 11.4. The highest BCUT2D eigenvalue weighted by Crippen LogP contribution is 2.38. The average molecular weight is 291 g/mol. The van der Waals surface area contributed by atoms with Crippen molar-refractivity contribution in [2.75, 3.05) is 24.3 Å². The normalized spacial score (nSPS) is 13.1. The predicted molar refractivity (Wildman–Crippen MR) is 80.6 cm³/mol. The molecule has 1 aliphatic heterocycles. The number of fused-ring (bicyclic) bond motifs is 1. The van der Waals surface area contributed by atoms with Crippen LogP contribution in [-0.4, -0.2) is 13.2 Å². The number of nitrogens with two attached hydrogens (primary N) is 1. The zero-order chi connectivity index (χ0) is 13.9. The maximum Gasteiger partial charge on any atom is 0.163 e. The first-order valence-electron chi connectivity index (χ1n) is 6.40. The number of nitrogen functional groups attached to an aromatic ring is 1. The predicted octanol–water partition coefficient (Wildman–Crippen LogP) is 3.31. The van der Waals surface area contributed by atoms with E-state index in [2.05, 4.69) is 5.32 Å². The number of halogens is 1. The summed E-state index contributed by atoms with van der Waals surface area (Å²) < 4.78 is 11.0. The molecule has 0 bridgehead atoms. The molecule has 2 aromatic carbocycles. The molecule has 0 fully saturated rings. The van der Waals surface area contributed by atoms with E-state index >= 15 is 0 Å². The second kappa shape index (κ2) is 5.51. The fourth-order valence-corrected chi connectivity index (χ4v) is 2.31. The Kier molecular flexibility index (Phi) is 3.56. The molecule has 0 saturated carbocycles. The minimum absolute atomic E-state index is 0.552. The van der Waals surface area contributed by atoms with Gasteiger partial charge in [-0.2, -0.15) is 0 Å². The van der Waals surface area contributed by atoms with Gasteiger partial charge in [0.2, 0.25) is 0 Å². The number of rotatable bonds is 3. The molecule has 1 aliphatic rings. The van der Waals surface area contributed by atoms with Crippen molar-refractivity contribution in [3.63, 3.8) is 0 Å². The van der Waals surface area contributed by atoms with E-state index in [0.29, 0.717) is 36.3 Å². The van der Waals surface area contributed by atoms with Crippen molar-refractivity contribution in [1.29, 1.82) is 0 Å². The lowest BCUT2D eigenvalue weighted by Crippen LogP contribution is -2.15. The standard InChI is InChI=1S/C15H15ClN2O2/c16-11-7-14-15(20-6-5-19-14)8-13(11)18-9-10-3-1-2-4-12(10)17/h1-4,7-8,18H,5-6,9,17H2. The summed E-state index contributed by atoms with van der Waals surface area (Å²) in [6.45, 7) is 1.71. The molecule has 0 radical (unpaired) electrons. The van der Waals surface area contributed by atoms with E-state index < -0.39 is 0 Å². The molecule has 4 nitrogen and oxygen atoms in total. The molecule has 0 saturated heterocycles. The van der Waals surface area contributed by atoms with E-state index in [4.69, 9.17) is 26.8 Å². The Morgan fingerprint density at radius 2 is 1.80 bits per heavy atom. The van der Waals surface area contributed by atoms with Crippen LogP contribution in [0.15, 0.2) is 36.4 Å². The van der Waals surface area contributed by atoms with Gasteiger partial charge in [-0.1, -0.05) is 29.8 Å². The van der Waals surface area contributed by atoms with Crippen LogP contribution in [0.1, 0.15) is 5.56 Å². The topological polar surface area (TPSA) is 56.5 Å². The van der Waals surface area contributed by atoms with Gasteiger partial charge < -0.3 is 20.5 Å². The molecule has 3 rings (SSSR count).